The van der Waals surface area contributed by atoms with Crippen molar-refractivity contribution in [1.29, 1.82) is 0 Å². The maximum Gasteiger partial charge on any atom is 0.255 e. The first kappa shape index (κ1) is 21.5. The summed E-state index contributed by atoms with van der Waals surface area (Å²) in [6, 6.07) is 10.6. The van der Waals surface area contributed by atoms with Gasteiger partial charge in [-0.15, -0.1) is 0 Å². The lowest BCUT2D eigenvalue weighted by atomic mass is 10.0. The Morgan fingerprint density at radius 1 is 1.06 bits per heavy atom. The summed E-state index contributed by atoms with van der Waals surface area (Å²) < 4.78 is 6.62. The van der Waals surface area contributed by atoms with Crippen molar-refractivity contribution < 1.29 is 14.3 Å². The molecule has 4 rings (SSSR count). The molecule has 0 bridgehead atoms. The van der Waals surface area contributed by atoms with Crippen LogP contribution in [0.1, 0.15) is 27.7 Å². The zero-order valence-electron chi connectivity index (χ0n) is 17.7. The molecule has 0 saturated carbocycles. The number of fused-ring (bicyclic) bond motifs is 1. The van der Waals surface area contributed by atoms with Crippen LogP contribution in [0.2, 0.25) is 5.02 Å². The van der Waals surface area contributed by atoms with Crippen molar-refractivity contribution in [2.45, 2.75) is 19.9 Å². The lowest BCUT2D eigenvalue weighted by Crippen LogP contribution is -2.32. The summed E-state index contributed by atoms with van der Waals surface area (Å²) >= 11 is 6.26. The Labute approximate surface area is 189 Å². The van der Waals surface area contributed by atoms with Gasteiger partial charge in [0.2, 0.25) is 0 Å². The van der Waals surface area contributed by atoms with Crippen LogP contribution >= 0.6 is 11.6 Å². The third-order valence-electron chi connectivity index (χ3n) is 5.07. The second-order valence-electron chi connectivity index (χ2n) is 7.25. The van der Waals surface area contributed by atoms with Crippen molar-refractivity contribution in [1.82, 2.24) is 19.5 Å². The summed E-state index contributed by atoms with van der Waals surface area (Å²) in [6.07, 6.45) is 2.80. The molecule has 1 atom stereocenters. The Kier molecular flexibility index (Phi) is 5.87. The lowest BCUT2D eigenvalue weighted by Gasteiger charge is -2.19. The number of halogens is 1. The third kappa shape index (κ3) is 4.04. The number of nitrogens with zero attached hydrogens (tertiary/aromatic N) is 4. The fourth-order valence-electron chi connectivity index (χ4n) is 3.38. The first-order valence-electron chi connectivity index (χ1n) is 9.78. The normalized spacial score (nSPS) is 11.9. The number of anilines is 1. The minimum atomic E-state index is -1.26. The number of amides is 1. The number of ketones is 1. The highest BCUT2D eigenvalue weighted by atomic mass is 35.5. The van der Waals surface area contributed by atoms with Gasteiger partial charge >= 0.3 is 0 Å². The van der Waals surface area contributed by atoms with Gasteiger partial charge in [0.15, 0.2) is 17.5 Å². The van der Waals surface area contributed by atoms with Crippen molar-refractivity contribution in [2.24, 2.45) is 0 Å². The van der Waals surface area contributed by atoms with Gasteiger partial charge in [-0.3, -0.25) is 14.2 Å². The zero-order chi connectivity index (χ0) is 22.8. The number of rotatable bonds is 6. The van der Waals surface area contributed by atoms with E-state index in [2.05, 4.69) is 20.3 Å². The van der Waals surface area contributed by atoms with Crippen LogP contribution in [-0.4, -0.2) is 38.3 Å². The van der Waals surface area contributed by atoms with E-state index in [-0.39, 0.29) is 0 Å². The number of aryl methyl sites for hydroxylation is 2. The van der Waals surface area contributed by atoms with E-state index in [0.29, 0.717) is 38.9 Å². The smallest absolute Gasteiger partial charge is 0.255 e. The summed E-state index contributed by atoms with van der Waals surface area (Å²) in [5, 5.41) is 3.15. The van der Waals surface area contributed by atoms with Gasteiger partial charge in [0.25, 0.3) is 5.91 Å². The van der Waals surface area contributed by atoms with Gasteiger partial charge in [-0.05, 0) is 55.8 Å². The molecule has 0 radical (unpaired) electrons. The van der Waals surface area contributed by atoms with Gasteiger partial charge in [-0.2, -0.15) is 0 Å². The fraction of sp³-hybridized carbons (Fsp3) is 0.174. The van der Waals surface area contributed by atoms with Crippen LogP contribution in [0.15, 0.2) is 55.1 Å². The summed E-state index contributed by atoms with van der Waals surface area (Å²) in [5.74, 6) is -0.385. The number of carbonyl (C=O) groups is 2. The quantitative estimate of drug-likeness (QED) is 0.350. The molecule has 1 amide bonds. The summed E-state index contributed by atoms with van der Waals surface area (Å²) in [4.78, 5) is 39.7. The Balaban J connectivity index is 1.79. The Morgan fingerprint density at radius 3 is 2.53 bits per heavy atom. The molecule has 0 spiro atoms. The molecule has 8 nitrogen and oxygen atoms in total. The van der Waals surface area contributed by atoms with Crippen molar-refractivity contribution in [2.75, 3.05) is 12.4 Å². The van der Waals surface area contributed by atoms with Gasteiger partial charge < -0.3 is 10.1 Å². The second kappa shape index (κ2) is 8.76. The molecular weight excluding hydrogens is 430 g/mol. The number of nitrogens with one attached hydrogen (secondary N) is 1. The molecule has 0 aliphatic heterocycles. The Hall–Kier alpha value is -3.78. The highest BCUT2D eigenvalue weighted by Crippen LogP contribution is 2.27. The maximum absolute atomic E-state index is 13.5. The van der Waals surface area contributed by atoms with E-state index < -0.39 is 17.7 Å². The molecule has 0 saturated heterocycles. The van der Waals surface area contributed by atoms with Gasteiger partial charge in [-0.1, -0.05) is 17.7 Å². The summed E-state index contributed by atoms with van der Waals surface area (Å²) in [6.45, 7) is 3.67. The molecule has 1 N–H and O–H groups in total. The van der Waals surface area contributed by atoms with Gasteiger partial charge in [0.05, 0.1) is 29.8 Å². The van der Waals surface area contributed by atoms with Crippen molar-refractivity contribution >= 4 is 40.1 Å². The minimum absolute atomic E-state index is 0.342. The number of ether oxygens (including phenoxy) is 1. The van der Waals surface area contributed by atoms with Gasteiger partial charge in [0.1, 0.15) is 17.6 Å². The molecule has 2 aromatic carbocycles. The molecule has 0 fully saturated rings. The topological polar surface area (TPSA) is 99.0 Å². The number of Topliss-reactive ketones (excluding diaryl/α,β-unsaturated/α-hetero) is 1. The van der Waals surface area contributed by atoms with E-state index >= 15 is 0 Å². The molecule has 0 aliphatic rings. The van der Waals surface area contributed by atoms with Crippen molar-refractivity contribution in [3.63, 3.8) is 0 Å². The highest BCUT2D eigenvalue weighted by molar-refractivity contribution is 6.34. The van der Waals surface area contributed by atoms with E-state index in [0.717, 1.165) is 5.56 Å². The number of aromatic nitrogens is 4. The maximum atomic E-state index is 13.5. The highest BCUT2D eigenvalue weighted by Gasteiger charge is 2.32. The van der Waals surface area contributed by atoms with Crippen LogP contribution in [0, 0.1) is 13.8 Å². The Bertz CT molecular complexity index is 1320. The van der Waals surface area contributed by atoms with Crippen LogP contribution in [0.4, 0.5) is 5.69 Å². The number of benzene rings is 2. The average Bonchev–Trinajstić information content (AvgIpc) is 3.21. The molecule has 9 heteroatoms. The molecule has 162 valence electrons. The van der Waals surface area contributed by atoms with Crippen LogP contribution in [0.3, 0.4) is 0 Å². The standard InChI is InChI=1S/C23H20ClN5O3/c1-13-4-9-17(24)18(10-13)28-23(31)20(21(30)15-5-7-16(32-3)8-6-15)29-12-27-19-14(2)25-11-26-22(19)29/h4-12,20H,1-3H3,(H,28,31). The molecule has 0 aliphatic carbocycles. The SMILES string of the molecule is COc1ccc(C(=O)C(C(=O)Nc2cc(C)ccc2Cl)n2cnc3c(C)ncnc32)cc1. The summed E-state index contributed by atoms with van der Waals surface area (Å²) in [7, 11) is 1.54. The van der Waals surface area contributed by atoms with Crippen LogP contribution in [-0.2, 0) is 4.79 Å². The molecule has 2 heterocycles. The van der Waals surface area contributed by atoms with Crippen LogP contribution < -0.4 is 10.1 Å². The summed E-state index contributed by atoms with van der Waals surface area (Å²) in [5.41, 5.74) is 3.22. The number of hydrogen-bond acceptors (Lipinski definition) is 6. The molecule has 2 aromatic heterocycles. The average molecular weight is 450 g/mol. The van der Waals surface area contributed by atoms with E-state index in [1.165, 1.54) is 17.2 Å². The molecular formula is C23H20ClN5O3. The number of methoxy groups -OCH3 is 1. The predicted octanol–water partition coefficient (Wildman–Crippen LogP) is 4.17. The van der Waals surface area contributed by atoms with Crippen molar-refractivity contribution in [3.8, 4) is 5.75 Å². The third-order valence-corrected chi connectivity index (χ3v) is 5.40. The minimum Gasteiger partial charge on any atom is -0.497 e. The van der Waals surface area contributed by atoms with E-state index in [1.54, 1.807) is 50.4 Å². The number of carbonyl (C=O) groups excluding carboxylic acids is 2. The molecule has 4 aromatic rings. The van der Waals surface area contributed by atoms with E-state index in [1.807, 2.05) is 13.0 Å². The van der Waals surface area contributed by atoms with Crippen LogP contribution in [0.5, 0.6) is 5.75 Å². The molecule has 32 heavy (non-hydrogen) atoms. The Morgan fingerprint density at radius 2 is 1.81 bits per heavy atom. The first-order valence-corrected chi connectivity index (χ1v) is 10.2. The fourth-order valence-corrected chi connectivity index (χ4v) is 3.54. The van der Waals surface area contributed by atoms with Crippen molar-refractivity contribution in [3.05, 3.63) is 77.0 Å². The van der Waals surface area contributed by atoms with Gasteiger partial charge in [-0.25, -0.2) is 15.0 Å². The predicted molar refractivity (Wildman–Crippen MR) is 121 cm³/mol. The van der Waals surface area contributed by atoms with E-state index in [9.17, 15) is 9.59 Å². The molecule has 1 unspecified atom stereocenters. The van der Waals surface area contributed by atoms with E-state index in [4.69, 9.17) is 16.3 Å². The number of hydrogen-bond donors (Lipinski definition) is 1. The first-order chi connectivity index (χ1) is 15.4. The monoisotopic (exact) mass is 449 g/mol. The van der Waals surface area contributed by atoms with Gasteiger partial charge in [0, 0.05) is 5.56 Å². The van der Waals surface area contributed by atoms with Crippen LogP contribution in [0.25, 0.3) is 11.2 Å². The number of imidazole rings is 1. The zero-order valence-corrected chi connectivity index (χ0v) is 18.4. The second-order valence-corrected chi connectivity index (χ2v) is 7.66. The lowest BCUT2D eigenvalue weighted by molar-refractivity contribution is -0.118. The largest absolute Gasteiger partial charge is 0.497 e.